The number of guanidine groups is 2. The molecule has 0 aliphatic carbocycles. The van der Waals surface area contributed by atoms with Gasteiger partial charge in [-0.05, 0) is 18.6 Å². The molecular weight excluding hydrogens is 320 g/mol. The zero-order valence-corrected chi connectivity index (χ0v) is 13.3. The zero-order chi connectivity index (χ0) is 17.2. The van der Waals surface area contributed by atoms with E-state index in [1.54, 1.807) is 12.1 Å². The van der Waals surface area contributed by atoms with Gasteiger partial charge in [-0.3, -0.25) is 9.69 Å². The van der Waals surface area contributed by atoms with Crippen molar-refractivity contribution in [3.8, 4) is 0 Å². The molecule has 1 saturated heterocycles. The summed E-state index contributed by atoms with van der Waals surface area (Å²) >= 11 is 0. The van der Waals surface area contributed by atoms with E-state index in [9.17, 15) is 13.2 Å². The van der Waals surface area contributed by atoms with Crippen molar-refractivity contribution < 1.29 is 13.2 Å². The Morgan fingerprint density at radius 2 is 1.96 bits per heavy atom. The van der Waals surface area contributed by atoms with Gasteiger partial charge in [0.2, 0.25) is 27.8 Å². The molecule has 1 amide bonds. The summed E-state index contributed by atoms with van der Waals surface area (Å²) in [6.07, 6.45) is -0.232. The number of amides is 1. The highest BCUT2D eigenvalue weighted by Gasteiger charge is 2.38. The predicted molar refractivity (Wildman–Crippen MR) is 87.3 cm³/mol. The van der Waals surface area contributed by atoms with Crippen LogP contribution in [0.4, 0.5) is 5.69 Å². The maximum absolute atomic E-state index is 11.8. The van der Waals surface area contributed by atoms with Gasteiger partial charge >= 0.3 is 0 Å². The molecule has 0 radical (unpaired) electrons. The molecule has 1 aliphatic rings. The van der Waals surface area contributed by atoms with Crippen LogP contribution in [0.25, 0.3) is 0 Å². The first-order valence-corrected chi connectivity index (χ1v) is 8.35. The Morgan fingerprint density at radius 1 is 1.30 bits per heavy atom. The molecule has 6 N–H and O–H groups in total. The molecule has 1 atom stereocenters. The summed E-state index contributed by atoms with van der Waals surface area (Å²) in [5, 5.41) is 4.05. The summed E-state index contributed by atoms with van der Waals surface area (Å²) in [5.41, 5.74) is 13.0. The second kappa shape index (κ2) is 6.34. The average molecular weight is 338 g/mol. The number of hydrogen-bond donors (Lipinski definition) is 3. The molecule has 1 aromatic carbocycles. The lowest BCUT2D eigenvalue weighted by molar-refractivity contribution is -0.124. The zero-order valence-electron chi connectivity index (χ0n) is 12.5. The summed E-state index contributed by atoms with van der Waals surface area (Å²) in [5.74, 6) is -0.825. The number of para-hydroxylation sites is 1. The van der Waals surface area contributed by atoms with Crippen LogP contribution in [-0.2, 0) is 14.8 Å². The Bertz CT molecular complexity index is 787. The van der Waals surface area contributed by atoms with Crippen molar-refractivity contribution in [3.05, 3.63) is 29.8 Å². The molecule has 1 heterocycles. The van der Waals surface area contributed by atoms with E-state index in [1.807, 2.05) is 19.1 Å². The SMILES string of the molecule is Cc1ccccc1N=C(N)/N=C(\N)N1CC(S(N)(=O)=O)CC1=O. The monoisotopic (exact) mass is 338 g/mol. The summed E-state index contributed by atoms with van der Waals surface area (Å²) in [4.78, 5) is 20.8. The molecule has 9 nitrogen and oxygen atoms in total. The summed E-state index contributed by atoms with van der Waals surface area (Å²) in [6.45, 7) is 1.71. The number of sulfonamides is 1. The van der Waals surface area contributed by atoms with Gasteiger partial charge in [0.25, 0.3) is 0 Å². The number of carbonyl (C=O) groups excluding carboxylic acids is 1. The van der Waals surface area contributed by atoms with E-state index in [0.717, 1.165) is 10.5 Å². The van der Waals surface area contributed by atoms with Gasteiger partial charge in [-0.2, -0.15) is 4.99 Å². The Balaban J connectivity index is 2.20. The van der Waals surface area contributed by atoms with Gasteiger partial charge in [-0.15, -0.1) is 0 Å². The number of nitrogens with zero attached hydrogens (tertiary/aromatic N) is 3. The highest BCUT2D eigenvalue weighted by molar-refractivity contribution is 7.89. The third kappa shape index (κ3) is 4.05. The van der Waals surface area contributed by atoms with E-state index in [-0.39, 0.29) is 24.9 Å². The van der Waals surface area contributed by atoms with Crippen molar-refractivity contribution in [2.45, 2.75) is 18.6 Å². The van der Waals surface area contributed by atoms with Crippen molar-refractivity contribution in [2.24, 2.45) is 26.6 Å². The molecule has 0 aromatic heterocycles. The van der Waals surface area contributed by atoms with Gasteiger partial charge in [-0.1, -0.05) is 18.2 Å². The highest BCUT2D eigenvalue weighted by Crippen LogP contribution is 2.18. The van der Waals surface area contributed by atoms with Crippen LogP contribution in [0.1, 0.15) is 12.0 Å². The maximum atomic E-state index is 11.8. The fourth-order valence-electron chi connectivity index (χ4n) is 2.13. The Hall–Kier alpha value is -2.46. The van der Waals surface area contributed by atoms with Gasteiger partial charge in [0, 0.05) is 13.0 Å². The minimum absolute atomic E-state index is 0.136. The van der Waals surface area contributed by atoms with Crippen molar-refractivity contribution in [1.82, 2.24) is 4.90 Å². The van der Waals surface area contributed by atoms with Crippen molar-refractivity contribution in [3.63, 3.8) is 0 Å². The van der Waals surface area contributed by atoms with E-state index < -0.39 is 21.2 Å². The van der Waals surface area contributed by atoms with E-state index in [1.165, 1.54) is 0 Å². The summed E-state index contributed by atoms with van der Waals surface area (Å²) in [6, 6.07) is 7.27. The van der Waals surface area contributed by atoms with Crippen molar-refractivity contribution in [2.75, 3.05) is 6.54 Å². The van der Waals surface area contributed by atoms with E-state index >= 15 is 0 Å². The van der Waals surface area contributed by atoms with E-state index in [2.05, 4.69) is 9.98 Å². The topological polar surface area (TPSA) is 157 Å². The molecule has 0 saturated carbocycles. The smallest absolute Gasteiger partial charge is 0.230 e. The van der Waals surface area contributed by atoms with Gasteiger partial charge in [0.1, 0.15) is 5.25 Å². The molecule has 1 fully saturated rings. The number of nitrogens with two attached hydrogens (primary N) is 3. The maximum Gasteiger partial charge on any atom is 0.230 e. The van der Waals surface area contributed by atoms with Crippen molar-refractivity contribution >= 4 is 33.5 Å². The lowest BCUT2D eigenvalue weighted by Crippen LogP contribution is -2.41. The Labute approximate surface area is 133 Å². The Morgan fingerprint density at radius 3 is 2.52 bits per heavy atom. The van der Waals surface area contributed by atoms with Gasteiger partial charge < -0.3 is 11.5 Å². The second-order valence-electron chi connectivity index (χ2n) is 5.15. The van der Waals surface area contributed by atoms with Crippen LogP contribution in [-0.4, -0.2) is 42.9 Å². The predicted octanol–water partition coefficient (Wildman–Crippen LogP) is -0.855. The second-order valence-corrected chi connectivity index (χ2v) is 6.99. The largest absolute Gasteiger partial charge is 0.369 e. The molecule has 0 bridgehead atoms. The fraction of sp³-hybridized carbons (Fsp3) is 0.308. The van der Waals surface area contributed by atoms with Crippen LogP contribution in [0.15, 0.2) is 34.3 Å². The van der Waals surface area contributed by atoms with E-state index in [0.29, 0.717) is 5.69 Å². The number of aliphatic imine (C=N–C) groups is 2. The number of aryl methyl sites for hydroxylation is 1. The van der Waals surface area contributed by atoms with Crippen LogP contribution in [0, 0.1) is 6.92 Å². The fourth-order valence-corrected chi connectivity index (χ4v) is 2.86. The summed E-state index contributed by atoms with van der Waals surface area (Å²) < 4.78 is 22.6. The van der Waals surface area contributed by atoms with Crippen LogP contribution in [0.3, 0.4) is 0 Å². The van der Waals surface area contributed by atoms with E-state index in [4.69, 9.17) is 16.6 Å². The van der Waals surface area contributed by atoms with Gasteiger partial charge in [-0.25, -0.2) is 18.5 Å². The molecular formula is C13H18N6O3S. The number of likely N-dealkylation sites (tertiary alicyclic amines) is 1. The number of carbonyl (C=O) groups is 1. The summed E-state index contributed by atoms with van der Waals surface area (Å²) in [7, 11) is -3.82. The van der Waals surface area contributed by atoms with Gasteiger partial charge in [0.05, 0.1) is 5.69 Å². The molecule has 1 unspecified atom stereocenters. The molecule has 23 heavy (non-hydrogen) atoms. The first-order chi connectivity index (χ1) is 10.7. The lowest BCUT2D eigenvalue weighted by atomic mass is 10.2. The highest BCUT2D eigenvalue weighted by atomic mass is 32.2. The first-order valence-electron chi connectivity index (χ1n) is 6.74. The molecule has 1 aliphatic heterocycles. The number of hydrogen-bond acceptors (Lipinski definition) is 4. The third-order valence-corrected chi connectivity index (χ3v) is 4.66. The minimum atomic E-state index is -3.82. The third-order valence-electron chi connectivity index (χ3n) is 3.41. The van der Waals surface area contributed by atoms with Crippen molar-refractivity contribution in [1.29, 1.82) is 0 Å². The number of rotatable bonds is 2. The lowest BCUT2D eigenvalue weighted by Gasteiger charge is -2.14. The van der Waals surface area contributed by atoms with Crippen LogP contribution < -0.4 is 16.6 Å². The normalized spacial score (nSPS) is 20.2. The first kappa shape index (κ1) is 16.9. The molecule has 2 rings (SSSR count). The number of benzene rings is 1. The average Bonchev–Trinajstić information content (AvgIpc) is 2.83. The van der Waals surface area contributed by atoms with Crippen LogP contribution in [0.5, 0.6) is 0 Å². The van der Waals surface area contributed by atoms with Crippen LogP contribution in [0.2, 0.25) is 0 Å². The molecule has 10 heteroatoms. The van der Waals surface area contributed by atoms with Crippen LogP contribution >= 0.6 is 0 Å². The quantitative estimate of drug-likeness (QED) is 0.472. The standard InChI is InChI=1S/C13H18N6O3S/c1-8-4-2-3-5-10(8)17-12(14)18-13(15)19-7-9(6-11(19)20)23(16,21)22/h2-5,9H,6-7H2,1H3,(H2,16,21,22)(H4,14,15,17,18). The minimum Gasteiger partial charge on any atom is -0.369 e. The molecule has 1 aromatic rings. The molecule has 124 valence electrons. The Kier molecular flexibility index (Phi) is 4.66. The molecule has 0 spiro atoms. The van der Waals surface area contributed by atoms with Gasteiger partial charge in [0.15, 0.2) is 0 Å². The number of primary sulfonamides is 1.